The van der Waals surface area contributed by atoms with Gasteiger partial charge in [0.05, 0.1) is 22.2 Å². The summed E-state index contributed by atoms with van der Waals surface area (Å²) in [5.41, 5.74) is 0.827. The van der Waals surface area contributed by atoms with E-state index >= 15 is 0 Å². The van der Waals surface area contributed by atoms with Crippen molar-refractivity contribution in [3.63, 3.8) is 0 Å². The summed E-state index contributed by atoms with van der Waals surface area (Å²) in [6.07, 6.45) is -3.10. The zero-order valence-corrected chi connectivity index (χ0v) is 20.2. The number of non-ortho nitro benzene ring substituents is 1. The van der Waals surface area contributed by atoms with Crippen LogP contribution in [0.2, 0.25) is 0 Å². The number of amides is 1. The molecule has 196 valence electrons. The number of hydrogen-bond acceptors (Lipinski definition) is 6. The number of anilines is 1. The maximum Gasteiger partial charge on any atom is 0.416 e. The molecule has 0 unspecified atom stereocenters. The lowest BCUT2D eigenvalue weighted by Gasteiger charge is -2.11. The minimum atomic E-state index is -4.51. The second-order valence-electron chi connectivity index (χ2n) is 8.39. The molecular weight excluding hydrogens is 505 g/mol. The van der Waals surface area contributed by atoms with Gasteiger partial charge in [-0.05, 0) is 61.4 Å². The fraction of sp³-hybridized carbons (Fsp3) is 0.154. The lowest BCUT2D eigenvalue weighted by Crippen LogP contribution is -2.14. The van der Waals surface area contributed by atoms with Crippen LogP contribution in [0.25, 0.3) is 0 Å². The molecule has 0 bridgehead atoms. The predicted octanol–water partition coefficient (Wildman–Crippen LogP) is 6.51. The minimum Gasteiger partial charge on any atom is -0.471 e. The predicted molar refractivity (Wildman–Crippen MR) is 131 cm³/mol. The smallest absolute Gasteiger partial charge is 0.416 e. The van der Waals surface area contributed by atoms with Gasteiger partial charge in [-0.25, -0.2) is 4.68 Å². The molecule has 38 heavy (non-hydrogen) atoms. The normalized spacial score (nSPS) is 11.2. The van der Waals surface area contributed by atoms with Crippen molar-refractivity contribution in [3.05, 3.63) is 105 Å². The molecule has 0 aliphatic heterocycles. The first-order valence-electron chi connectivity index (χ1n) is 11.2. The Morgan fingerprint density at radius 2 is 1.71 bits per heavy atom. The van der Waals surface area contributed by atoms with Gasteiger partial charge in [0, 0.05) is 18.3 Å². The van der Waals surface area contributed by atoms with Gasteiger partial charge < -0.3 is 14.8 Å². The van der Waals surface area contributed by atoms with Crippen LogP contribution in [-0.2, 0) is 12.9 Å². The molecule has 0 aliphatic carbocycles. The molecule has 0 aliphatic rings. The number of nitro benzene ring substituents is 1. The monoisotopic (exact) mass is 526 g/mol. The Labute approximate surface area is 214 Å². The summed E-state index contributed by atoms with van der Waals surface area (Å²) in [6, 6.07) is 15.1. The van der Waals surface area contributed by atoms with Crippen molar-refractivity contribution in [3.8, 4) is 17.2 Å². The van der Waals surface area contributed by atoms with E-state index in [-0.39, 0.29) is 35.3 Å². The van der Waals surface area contributed by atoms with Crippen molar-refractivity contribution in [1.29, 1.82) is 0 Å². The van der Waals surface area contributed by atoms with E-state index in [0.29, 0.717) is 5.75 Å². The SMILES string of the molecule is Cc1cc(C)cc(Oc2cc(NC(=O)c3ccn(COc4cccc(C(F)(F)F)c4)n3)cc([N+](=O)[O-])c2)c1. The van der Waals surface area contributed by atoms with Crippen LogP contribution in [-0.4, -0.2) is 20.6 Å². The molecule has 4 rings (SSSR count). The van der Waals surface area contributed by atoms with Crippen LogP contribution in [0, 0.1) is 24.0 Å². The molecular formula is C26H21F3N4O5. The van der Waals surface area contributed by atoms with E-state index < -0.39 is 22.6 Å². The van der Waals surface area contributed by atoms with Gasteiger partial charge in [-0.1, -0.05) is 12.1 Å². The van der Waals surface area contributed by atoms with E-state index in [9.17, 15) is 28.1 Å². The molecule has 0 fully saturated rings. The zero-order chi connectivity index (χ0) is 27.4. The fourth-order valence-corrected chi connectivity index (χ4v) is 3.60. The van der Waals surface area contributed by atoms with Gasteiger partial charge in [0.1, 0.15) is 17.2 Å². The third-order valence-electron chi connectivity index (χ3n) is 5.19. The first kappa shape index (κ1) is 26.2. The maximum atomic E-state index is 12.9. The number of hydrogen-bond donors (Lipinski definition) is 1. The number of benzene rings is 3. The number of ether oxygens (including phenoxy) is 2. The van der Waals surface area contributed by atoms with Crippen molar-refractivity contribution in [1.82, 2.24) is 9.78 Å². The van der Waals surface area contributed by atoms with Gasteiger partial charge in [-0.2, -0.15) is 18.3 Å². The third kappa shape index (κ3) is 6.66. The van der Waals surface area contributed by atoms with E-state index in [1.807, 2.05) is 19.9 Å². The first-order chi connectivity index (χ1) is 18.0. The third-order valence-corrected chi connectivity index (χ3v) is 5.19. The van der Waals surface area contributed by atoms with Crippen LogP contribution in [0.5, 0.6) is 17.2 Å². The number of aryl methyl sites for hydroxylation is 2. The number of halogens is 3. The minimum absolute atomic E-state index is 0.0192. The summed E-state index contributed by atoms with van der Waals surface area (Å²) in [4.78, 5) is 23.6. The second kappa shape index (κ2) is 10.6. The molecule has 9 nitrogen and oxygen atoms in total. The van der Waals surface area contributed by atoms with Crippen molar-refractivity contribution in [2.75, 3.05) is 5.32 Å². The van der Waals surface area contributed by atoms with E-state index in [2.05, 4.69) is 10.4 Å². The Bertz CT molecular complexity index is 1480. The van der Waals surface area contributed by atoms with Gasteiger partial charge in [0.25, 0.3) is 11.6 Å². The zero-order valence-electron chi connectivity index (χ0n) is 20.2. The Morgan fingerprint density at radius 3 is 2.39 bits per heavy atom. The average Bonchev–Trinajstić information content (AvgIpc) is 3.31. The molecule has 4 aromatic rings. The molecule has 3 aromatic carbocycles. The molecule has 12 heteroatoms. The lowest BCUT2D eigenvalue weighted by atomic mass is 10.1. The maximum absolute atomic E-state index is 12.9. The molecule has 1 aromatic heterocycles. The molecule has 0 saturated heterocycles. The van der Waals surface area contributed by atoms with Gasteiger partial charge in [0.2, 0.25) is 0 Å². The summed E-state index contributed by atoms with van der Waals surface area (Å²) >= 11 is 0. The van der Waals surface area contributed by atoms with Crippen LogP contribution >= 0.6 is 0 Å². The molecule has 1 heterocycles. The van der Waals surface area contributed by atoms with Crippen molar-refractivity contribution in [2.24, 2.45) is 0 Å². The Kier molecular flexibility index (Phi) is 7.33. The number of carbonyl (C=O) groups is 1. The van der Waals surface area contributed by atoms with Crippen molar-refractivity contribution in [2.45, 2.75) is 26.8 Å². The summed E-state index contributed by atoms with van der Waals surface area (Å²) in [7, 11) is 0. The average molecular weight is 526 g/mol. The summed E-state index contributed by atoms with van der Waals surface area (Å²) in [6.45, 7) is 3.53. The van der Waals surface area contributed by atoms with Gasteiger partial charge in [0.15, 0.2) is 12.4 Å². The van der Waals surface area contributed by atoms with Gasteiger partial charge >= 0.3 is 6.18 Å². The van der Waals surface area contributed by atoms with E-state index in [0.717, 1.165) is 23.3 Å². The summed E-state index contributed by atoms with van der Waals surface area (Å²) in [5, 5.41) is 18.0. The van der Waals surface area contributed by atoms with Gasteiger partial charge in [-0.15, -0.1) is 0 Å². The standard InChI is InChI=1S/C26H21F3N4O5/c1-16-8-17(2)10-22(9-16)38-23-13-19(12-20(14-23)33(35)36)30-25(34)24-6-7-32(31-24)15-37-21-5-3-4-18(11-21)26(27,28)29/h3-14H,15H2,1-2H3,(H,30,34). The van der Waals surface area contributed by atoms with Crippen LogP contribution < -0.4 is 14.8 Å². The number of nitrogens with zero attached hydrogens (tertiary/aromatic N) is 3. The molecule has 0 spiro atoms. The highest BCUT2D eigenvalue weighted by Crippen LogP contribution is 2.32. The topological polar surface area (TPSA) is 109 Å². The Hall–Kier alpha value is -4.87. The number of aromatic nitrogens is 2. The van der Waals surface area contributed by atoms with Crippen LogP contribution in [0.3, 0.4) is 0 Å². The number of nitrogens with one attached hydrogen (secondary N) is 1. The summed E-state index contributed by atoms with van der Waals surface area (Å²) < 4.78 is 51.0. The number of alkyl halides is 3. The molecule has 0 radical (unpaired) electrons. The molecule has 0 saturated carbocycles. The van der Waals surface area contributed by atoms with E-state index in [4.69, 9.17) is 9.47 Å². The number of rotatable bonds is 8. The van der Waals surface area contributed by atoms with Crippen molar-refractivity contribution < 1.29 is 32.4 Å². The first-order valence-corrected chi connectivity index (χ1v) is 11.2. The Morgan fingerprint density at radius 1 is 1.00 bits per heavy atom. The number of nitro groups is 1. The highest BCUT2D eigenvalue weighted by Gasteiger charge is 2.30. The number of carbonyl (C=O) groups excluding carboxylic acids is 1. The van der Waals surface area contributed by atoms with Crippen LogP contribution in [0.1, 0.15) is 27.2 Å². The molecule has 1 N–H and O–H groups in total. The lowest BCUT2D eigenvalue weighted by molar-refractivity contribution is -0.384. The van der Waals surface area contributed by atoms with E-state index in [1.54, 1.807) is 12.1 Å². The van der Waals surface area contributed by atoms with Crippen molar-refractivity contribution >= 4 is 17.3 Å². The second-order valence-corrected chi connectivity index (χ2v) is 8.39. The molecule has 1 amide bonds. The quantitative estimate of drug-likeness (QED) is 0.207. The Balaban J connectivity index is 1.46. The highest BCUT2D eigenvalue weighted by atomic mass is 19.4. The summed E-state index contributed by atoms with van der Waals surface area (Å²) in [5.74, 6) is -0.0470. The largest absolute Gasteiger partial charge is 0.471 e. The van der Waals surface area contributed by atoms with Gasteiger partial charge in [-0.3, -0.25) is 14.9 Å². The highest BCUT2D eigenvalue weighted by molar-refractivity contribution is 6.03. The van der Waals surface area contributed by atoms with E-state index in [1.165, 1.54) is 47.3 Å². The van der Waals surface area contributed by atoms with Crippen LogP contribution in [0.4, 0.5) is 24.5 Å². The fourth-order valence-electron chi connectivity index (χ4n) is 3.60. The molecule has 0 atom stereocenters. The van der Waals surface area contributed by atoms with Crippen LogP contribution in [0.15, 0.2) is 72.9 Å².